The molecule has 1 fully saturated rings. The van der Waals surface area contributed by atoms with Gasteiger partial charge in [-0.15, -0.1) is 0 Å². The topological polar surface area (TPSA) is 119 Å². The number of amides is 3. The van der Waals surface area contributed by atoms with Gasteiger partial charge < -0.3 is 20.9 Å². The first-order valence-electron chi connectivity index (χ1n) is 8.62. The molecular weight excluding hydrogens is 322 g/mol. The van der Waals surface area contributed by atoms with Crippen LogP contribution in [-0.2, 0) is 20.9 Å². The van der Waals surface area contributed by atoms with E-state index in [0.29, 0.717) is 25.4 Å². The fraction of sp³-hybridized carbons (Fsp3) is 0.647. The van der Waals surface area contributed by atoms with Gasteiger partial charge in [0.25, 0.3) is 0 Å². The van der Waals surface area contributed by atoms with E-state index in [4.69, 9.17) is 5.73 Å². The standard InChI is InChI=1S/C17H27N5O3/c1-17(2,15(18)24)16(25)20-10-12-3-4-13(9-12)21-14(23)5-7-22-8-6-19-11-22/h6,8,11-13H,3-5,7,9-10H2,1-2H3,(H2,18,24)(H,20,25)(H,21,23)/t12-,13+/m0/s1. The molecule has 0 unspecified atom stereocenters. The number of nitrogens with one attached hydrogen (secondary N) is 2. The van der Waals surface area contributed by atoms with Gasteiger partial charge in [-0.05, 0) is 39.0 Å². The molecule has 2 atom stereocenters. The van der Waals surface area contributed by atoms with Crippen LogP contribution in [0, 0.1) is 11.3 Å². The van der Waals surface area contributed by atoms with Crippen molar-refractivity contribution in [2.24, 2.45) is 17.1 Å². The molecule has 1 aromatic rings. The largest absolute Gasteiger partial charge is 0.369 e. The number of nitrogens with zero attached hydrogens (tertiary/aromatic N) is 2. The van der Waals surface area contributed by atoms with E-state index in [1.807, 2.05) is 10.8 Å². The molecular formula is C17H27N5O3. The molecule has 4 N–H and O–H groups in total. The zero-order chi connectivity index (χ0) is 18.4. The number of primary amides is 1. The van der Waals surface area contributed by atoms with Gasteiger partial charge in [0.15, 0.2) is 0 Å². The van der Waals surface area contributed by atoms with Crippen molar-refractivity contribution in [3.8, 4) is 0 Å². The van der Waals surface area contributed by atoms with Gasteiger partial charge in [0.2, 0.25) is 17.7 Å². The number of hydrogen-bond donors (Lipinski definition) is 3. The fourth-order valence-electron chi connectivity index (χ4n) is 2.91. The van der Waals surface area contributed by atoms with Crippen molar-refractivity contribution in [1.29, 1.82) is 0 Å². The molecule has 0 radical (unpaired) electrons. The molecule has 0 aliphatic heterocycles. The van der Waals surface area contributed by atoms with Gasteiger partial charge in [0, 0.05) is 37.9 Å². The molecule has 25 heavy (non-hydrogen) atoms. The van der Waals surface area contributed by atoms with Crippen LogP contribution in [-0.4, -0.2) is 39.9 Å². The number of carbonyl (C=O) groups is 3. The Bertz CT molecular complexity index is 612. The highest BCUT2D eigenvalue weighted by Gasteiger charge is 2.34. The normalized spacial score (nSPS) is 20.2. The number of rotatable bonds is 8. The summed E-state index contributed by atoms with van der Waals surface area (Å²) < 4.78 is 1.87. The Morgan fingerprint density at radius 2 is 2.08 bits per heavy atom. The van der Waals surface area contributed by atoms with E-state index in [9.17, 15) is 14.4 Å². The van der Waals surface area contributed by atoms with E-state index in [1.54, 1.807) is 12.5 Å². The molecule has 8 nitrogen and oxygen atoms in total. The Hall–Kier alpha value is -2.38. The van der Waals surface area contributed by atoms with Crippen molar-refractivity contribution in [3.63, 3.8) is 0 Å². The first-order chi connectivity index (χ1) is 11.8. The van der Waals surface area contributed by atoms with Crippen LogP contribution < -0.4 is 16.4 Å². The summed E-state index contributed by atoms with van der Waals surface area (Å²) >= 11 is 0. The van der Waals surface area contributed by atoms with Gasteiger partial charge in [-0.3, -0.25) is 14.4 Å². The third-order valence-corrected chi connectivity index (χ3v) is 4.80. The van der Waals surface area contributed by atoms with Crippen molar-refractivity contribution in [2.75, 3.05) is 6.54 Å². The van der Waals surface area contributed by atoms with Crippen molar-refractivity contribution < 1.29 is 14.4 Å². The number of aryl methyl sites for hydroxylation is 1. The summed E-state index contributed by atoms with van der Waals surface area (Å²) in [4.78, 5) is 39.3. The minimum absolute atomic E-state index is 0.0262. The predicted molar refractivity (Wildman–Crippen MR) is 92.1 cm³/mol. The summed E-state index contributed by atoms with van der Waals surface area (Å²) in [6.07, 6.45) is 8.28. The molecule has 0 spiro atoms. The highest BCUT2D eigenvalue weighted by molar-refractivity contribution is 6.03. The third-order valence-electron chi connectivity index (χ3n) is 4.80. The van der Waals surface area contributed by atoms with Crippen LogP contribution in [0.15, 0.2) is 18.7 Å². The van der Waals surface area contributed by atoms with Gasteiger partial charge in [-0.25, -0.2) is 4.98 Å². The predicted octanol–water partition coefficient (Wildman–Crippen LogP) is 0.186. The van der Waals surface area contributed by atoms with Gasteiger partial charge in [-0.2, -0.15) is 0 Å². The Morgan fingerprint density at radius 1 is 1.32 bits per heavy atom. The first kappa shape index (κ1) is 19.0. The lowest BCUT2D eigenvalue weighted by atomic mass is 9.91. The molecule has 138 valence electrons. The third kappa shape index (κ3) is 5.30. The Balaban J connectivity index is 1.68. The van der Waals surface area contributed by atoms with E-state index in [2.05, 4.69) is 15.6 Å². The maximum Gasteiger partial charge on any atom is 0.235 e. The Kier molecular flexibility index (Phi) is 6.17. The summed E-state index contributed by atoms with van der Waals surface area (Å²) in [5, 5.41) is 5.85. The summed E-state index contributed by atoms with van der Waals surface area (Å²) in [5.74, 6) is -0.669. The molecule has 1 aliphatic rings. The molecule has 2 rings (SSSR count). The van der Waals surface area contributed by atoms with E-state index in [-0.39, 0.29) is 17.9 Å². The SMILES string of the molecule is CC(C)(C(N)=O)C(=O)NC[C@H]1CC[C@@H](NC(=O)CCn2ccnc2)C1. The number of hydrogen-bond acceptors (Lipinski definition) is 4. The summed E-state index contributed by atoms with van der Waals surface area (Å²) in [7, 11) is 0. The van der Waals surface area contributed by atoms with E-state index >= 15 is 0 Å². The van der Waals surface area contributed by atoms with Crippen molar-refractivity contribution in [2.45, 2.75) is 52.1 Å². The van der Waals surface area contributed by atoms with Crippen LogP contribution >= 0.6 is 0 Å². The first-order valence-corrected chi connectivity index (χ1v) is 8.62. The van der Waals surface area contributed by atoms with Gasteiger partial charge in [0.05, 0.1) is 6.33 Å². The summed E-state index contributed by atoms with van der Waals surface area (Å²) in [5.41, 5.74) is 4.03. The zero-order valence-corrected chi connectivity index (χ0v) is 14.8. The summed E-state index contributed by atoms with van der Waals surface area (Å²) in [6, 6.07) is 0.140. The second-order valence-electron chi connectivity index (χ2n) is 7.19. The van der Waals surface area contributed by atoms with E-state index < -0.39 is 11.3 Å². The molecule has 0 bridgehead atoms. The Labute approximate surface area is 147 Å². The highest BCUT2D eigenvalue weighted by Crippen LogP contribution is 2.25. The average Bonchev–Trinajstić information content (AvgIpc) is 3.22. The maximum absolute atomic E-state index is 12.0. The van der Waals surface area contributed by atoms with Gasteiger partial charge >= 0.3 is 0 Å². The fourth-order valence-corrected chi connectivity index (χ4v) is 2.91. The second-order valence-corrected chi connectivity index (χ2v) is 7.19. The molecule has 1 aliphatic carbocycles. The van der Waals surface area contributed by atoms with Crippen LogP contribution in [0.2, 0.25) is 0 Å². The number of carbonyl (C=O) groups excluding carboxylic acids is 3. The number of aromatic nitrogens is 2. The average molecular weight is 349 g/mol. The quantitative estimate of drug-likeness (QED) is 0.580. The van der Waals surface area contributed by atoms with Gasteiger partial charge in [-0.1, -0.05) is 0 Å². The van der Waals surface area contributed by atoms with Crippen molar-refractivity contribution in [3.05, 3.63) is 18.7 Å². The molecule has 3 amide bonds. The Morgan fingerprint density at radius 3 is 2.72 bits per heavy atom. The monoisotopic (exact) mass is 349 g/mol. The van der Waals surface area contributed by atoms with Crippen LogP contribution in [0.4, 0.5) is 0 Å². The lowest BCUT2D eigenvalue weighted by Crippen LogP contribution is -2.46. The van der Waals surface area contributed by atoms with E-state index in [1.165, 1.54) is 13.8 Å². The zero-order valence-electron chi connectivity index (χ0n) is 14.8. The maximum atomic E-state index is 12.0. The van der Waals surface area contributed by atoms with Crippen LogP contribution in [0.5, 0.6) is 0 Å². The lowest BCUT2D eigenvalue weighted by molar-refractivity contribution is -0.139. The minimum atomic E-state index is -1.21. The van der Waals surface area contributed by atoms with Crippen LogP contribution in [0.3, 0.4) is 0 Å². The smallest absolute Gasteiger partial charge is 0.235 e. The van der Waals surface area contributed by atoms with Crippen molar-refractivity contribution in [1.82, 2.24) is 20.2 Å². The van der Waals surface area contributed by atoms with Crippen molar-refractivity contribution >= 4 is 17.7 Å². The molecule has 0 saturated heterocycles. The van der Waals surface area contributed by atoms with Crippen LogP contribution in [0.25, 0.3) is 0 Å². The highest BCUT2D eigenvalue weighted by atomic mass is 16.2. The van der Waals surface area contributed by atoms with E-state index in [0.717, 1.165) is 19.3 Å². The molecule has 1 heterocycles. The summed E-state index contributed by atoms with van der Waals surface area (Å²) in [6.45, 7) is 4.14. The number of imidazole rings is 1. The molecule has 8 heteroatoms. The van der Waals surface area contributed by atoms with Gasteiger partial charge in [0.1, 0.15) is 5.41 Å². The molecule has 0 aromatic carbocycles. The molecule has 1 aromatic heterocycles. The molecule has 1 saturated carbocycles. The minimum Gasteiger partial charge on any atom is -0.369 e. The number of nitrogens with two attached hydrogens (primary N) is 1. The lowest BCUT2D eigenvalue weighted by Gasteiger charge is -2.21. The second kappa shape index (κ2) is 8.13. The van der Waals surface area contributed by atoms with Crippen LogP contribution in [0.1, 0.15) is 39.5 Å².